The molecule has 0 radical (unpaired) electrons. The van der Waals surface area contributed by atoms with E-state index in [9.17, 15) is 4.79 Å². The number of amides is 1. The van der Waals surface area contributed by atoms with Gasteiger partial charge in [0.2, 0.25) is 0 Å². The van der Waals surface area contributed by atoms with E-state index in [0.29, 0.717) is 10.9 Å². The molecule has 5 nitrogen and oxygen atoms in total. The van der Waals surface area contributed by atoms with Gasteiger partial charge in [-0.05, 0) is 56.3 Å². The average molecular weight is 421 g/mol. The number of rotatable bonds is 5. The molecule has 7 heteroatoms. The highest BCUT2D eigenvalue weighted by Crippen LogP contribution is 2.30. The molecule has 1 N–H and O–H groups in total. The molecule has 0 spiro atoms. The molecule has 2 aromatic carbocycles. The van der Waals surface area contributed by atoms with Crippen LogP contribution in [0.1, 0.15) is 13.8 Å². The Kier molecular flexibility index (Phi) is 4.96. The highest BCUT2D eigenvalue weighted by Gasteiger charge is 2.30. The molecule has 0 aliphatic carbocycles. The molecule has 0 fully saturated rings. The van der Waals surface area contributed by atoms with Gasteiger partial charge in [-0.1, -0.05) is 27.3 Å². The van der Waals surface area contributed by atoms with E-state index in [2.05, 4.69) is 26.2 Å². The van der Waals surface area contributed by atoms with Gasteiger partial charge < -0.3 is 9.47 Å². The van der Waals surface area contributed by atoms with E-state index >= 15 is 0 Å². The van der Waals surface area contributed by atoms with Crippen LogP contribution in [0.3, 0.4) is 0 Å². The monoisotopic (exact) mass is 420 g/mol. The Labute approximate surface area is 158 Å². The minimum atomic E-state index is -1.04. The fourth-order valence-corrected chi connectivity index (χ4v) is 3.33. The van der Waals surface area contributed by atoms with Crippen LogP contribution in [0.5, 0.6) is 11.5 Å². The van der Waals surface area contributed by atoms with Crippen molar-refractivity contribution in [2.45, 2.75) is 19.4 Å². The van der Waals surface area contributed by atoms with Gasteiger partial charge in [0.1, 0.15) is 11.5 Å². The van der Waals surface area contributed by atoms with E-state index < -0.39 is 5.60 Å². The smallest absolute Gasteiger partial charge is 0.269 e. The molecule has 0 saturated heterocycles. The maximum atomic E-state index is 12.6. The van der Waals surface area contributed by atoms with Gasteiger partial charge in [-0.3, -0.25) is 10.1 Å². The van der Waals surface area contributed by atoms with Gasteiger partial charge in [-0.2, -0.15) is 0 Å². The molecule has 25 heavy (non-hydrogen) atoms. The number of hydrogen-bond acceptors (Lipinski definition) is 5. The van der Waals surface area contributed by atoms with Crippen LogP contribution in [0, 0.1) is 0 Å². The first-order valence-electron chi connectivity index (χ1n) is 7.58. The third kappa shape index (κ3) is 4.11. The summed E-state index contributed by atoms with van der Waals surface area (Å²) in [6.07, 6.45) is 0. The van der Waals surface area contributed by atoms with Crippen molar-refractivity contribution in [2.75, 3.05) is 12.4 Å². The van der Waals surface area contributed by atoms with Crippen molar-refractivity contribution in [3.05, 3.63) is 46.9 Å². The van der Waals surface area contributed by atoms with Crippen molar-refractivity contribution in [3.63, 3.8) is 0 Å². The number of benzene rings is 2. The zero-order valence-corrected chi connectivity index (χ0v) is 16.4. The Bertz CT molecular complexity index is 906. The van der Waals surface area contributed by atoms with Crippen molar-refractivity contribution in [1.29, 1.82) is 0 Å². The Morgan fingerprint density at radius 2 is 1.84 bits per heavy atom. The minimum absolute atomic E-state index is 0.263. The summed E-state index contributed by atoms with van der Waals surface area (Å²) in [5.74, 6) is 1.12. The van der Waals surface area contributed by atoms with Crippen LogP contribution >= 0.6 is 27.3 Å². The number of methoxy groups -OCH3 is 1. The van der Waals surface area contributed by atoms with Crippen LogP contribution < -0.4 is 14.8 Å². The van der Waals surface area contributed by atoms with E-state index in [1.807, 2.05) is 42.5 Å². The van der Waals surface area contributed by atoms with E-state index in [0.717, 1.165) is 20.4 Å². The fraction of sp³-hybridized carbons (Fsp3) is 0.222. The van der Waals surface area contributed by atoms with Crippen LogP contribution in [0.25, 0.3) is 10.2 Å². The average Bonchev–Trinajstić information content (AvgIpc) is 2.97. The minimum Gasteiger partial charge on any atom is -0.497 e. The first-order valence-corrected chi connectivity index (χ1v) is 9.19. The second-order valence-electron chi connectivity index (χ2n) is 5.87. The summed E-state index contributed by atoms with van der Waals surface area (Å²) >= 11 is 4.77. The second kappa shape index (κ2) is 7.01. The van der Waals surface area contributed by atoms with Crippen molar-refractivity contribution >= 4 is 48.5 Å². The fourth-order valence-electron chi connectivity index (χ4n) is 2.18. The zero-order valence-electron chi connectivity index (χ0n) is 14.0. The van der Waals surface area contributed by atoms with Crippen LogP contribution in [-0.4, -0.2) is 23.6 Å². The highest BCUT2D eigenvalue weighted by molar-refractivity contribution is 9.10. The van der Waals surface area contributed by atoms with Gasteiger partial charge >= 0.3 is 0 Å². The summed E-state index contributed by atoms with van der Waals surface area (Å²) in [4.78, 5) is 17.0. The summed E-state index contributed by atoms with van der Waals surface area (Å²) in [6, 6.07) is 12.9. The van der Waals surface area contributed by atoms with Crippen molar-refractivity contribution in [1.82, 2.24) is 4.98 Å². The Hall–Kier alpha value is -2.12. The van der Waals surface area contributed by atoms with Gasteiger partial charge in [0.15, 0.2) is 10.7 Å². The molecule has 0 aliphatic heterocycles. The predicted molar refractivity (Wildman–Crippen MR) is 104 cm³/mol. The number of nitrogens with zero attached hydrogens (tertiary/aromatic N) is 1. The molecule has 0 atom stereocenters. The first kappa shape index (κ1) is 17.7. The maximum Gasteiger partial charge on any atom is 0.269 e. The quantitative estimate of drug-likeness (QED) is 0.639. The number of anilines is 1. The summed E-state index contributed by atoms with van der Waals surface area (Å²) < 4.78 is 12.9. The Morgan fingerprint density at radius 3 is 2.52 bits per heavy atom. The van der Waals surface area contributed by atoms with Gasteiger partial charge in [-0.15, -0.1) is 0 Å². The third-order valence-corrected chi connectivity index (χ3v) is 5.01. The van der Waals surface area contributed by atoms with Gasteiger partial charge in [0.05, 0.1) is 17.3 Å². The van der Waals surface area contributed by atoms with E-state index in [1.54, 1.807) is 21.0 Å². The van der Waals surface area contributed by atoms with Crippen molar-refractivity contribution in [3.8, 4) is 11.5 Å². The zero-order chi connectivity index (χ0) is 18.0. The lowest BCUT2D eigenvalue weighted by Crippen LogP contribution is -2.42. The summed E-state index contributed by atoms with van der Waals surface area (Å²) in [7, 11) is 1.62. The van der Waals surface area contributed by atoms with Crippen LogP contribution in [0.2, 0.25) is 0 Å². The molecule has 0 aliphatic rings. The largest absolute Gasteiger partial charge is 0.497 e. The van der Waals surface area contributed by atoms with Crippen LogP contribution in [-0.2, 0) is 4.79 Å². The molecule has 1 aromatic heterocycles. The lowest BCUT2D eigenvalue weighted by molar-refractivity contribution is -0.128. The summed E-state index contributed by atoms with van der Waals surface area (Å²) in [5.41, 5.74) is -0.226. The van der Waals surface area contributed by atoms with E-state index in [4.69, 9.17) is 9.47 Å². The number of carbonyl (C=O) groups excluding carboxylic acids is 1. The standard InChI is InChI=1S/C18H17BrN2O3S/c1-18(2,24-12-6-4-11(19)5-7-12)16(22)21-17-20-14-9-8-13(23-3)10-15(14)25-17/h4-10H,1-3H3,(H,20,21,22). The molecule has 3 aromatic rings. The maximum absolute atomic E-state index is 12.6. The van der Waals surface area contributed by atoms with Crippen LogP contribution in [0.4, 0.5) is 5.13 Å². The number of ether oxygens (including phenoxy) is 2. The van der Waals surface area contributed by atoms with Gasteiger partial charge in [0, 0.05) is 4.47 Å². The topological polar surface area (TPSA) is 60.5 Å². The SMILES string of the molecule is COc1ccc2nc(NC(=O)C(C)(C)Oc3ccc(Br)cc3)sc2c1. The first-order chi connectivity index (χ1) is 11.9. The molecule has 130 valence electrons. The second-order valence-corrected chi connectivity index (χ2v) is 7.82. The molecule has 3 rings (SSSR count). The molecule has 0 unspecified atom stereocenters. The Balaban J connectivity index is 1.74. The van der Waals surface area contributed by atoms with Gasteiger partial charge in [-0.25, -0.2) is 4.98 Å². The summed E-state index contributed by atoms with van der Waals surface area (Å²) in [6.45, 7) is 3.45. The molecule has 1 amide bonds. The number of fused-ring (bicyclic) bond motifs is 1. The highest BCUT2D eigenvalue weighted by atomic mass is 79.9. The number of aromatic nitrogens is 1. The molecule has 1 heterocycles. The van der Waals surface area contributed by atoms with E-state index in [1.165, 1.54) is 11.3 Å². The normalized spacial score (nSPS) is 11.4. The van der Waals surface area contributed by atoms with E-state index in [-0.39, 0.29) is 5.91 Å². The number of hydrogen-bond donors (Lipinski definition) is 1. The van der Waals surface area contributed by atoms with Crippen molar-refractivity contribution < 1.29 is 14.3 Å². The molecular weight excluding hydrogens is 404 g/mol. The number of carbonyl (C=O) groups is 1. The molecular formula is C18H17BrN2O3S. The molecule has 0 saturated carbocycles. The lowest BCUT2D eigenvalue weighted by Gasteiger charge is -2.24. The molecule has 0 bridgehead atoms. The Morgan fingerprint density at radius 1 is 1.16 bits per heavy atom. The van der Waals surface area contributed by atoms with Crippen molar-refractivity contribution in [2.24, 2.45) is 0 Å². The predicted octanol–water partition coefficient (Wildman–Crippen LogP) is 4.86. The van der Waals surface area contributed by atoms with Gasteiger partial charge in [0.25, 0.3) is 5.91 Å². The van der Waals surface area contributed by atoms with Crippen LogP contribution in [0.15, 0.2) is 46.9 Å². The number of thiazole rings is 1. The summed E-state index contributed by atoms with van der Waals surface area (Å²) in [5, 5.41) is 3.36. The number of nitrogens with one attached hydrogen (secondary N) is 1. The number of halogens is 1. The lowest BCUT2D eigenvalue weighted by atomic mass is 10.1. The third-order valence-electron chi connectivity index (χ3n) is 3.55.